The maximum Gasteiger partial charge on any atom is 0.274 e. The summed E-state index contributed by atoms with van der Waals surface area (Å²) in [6.07, 6.45) is 6.66. The zero-order chi connectivity index (χ0) is 20.0. The van der Waals surface area contributed by atoms with Crippen LogP contribution in [0.2, 0.25) is 5.02 Å². The Kier molecular flexibility index (Phi) is 4.51. The number of rotatable bonds is 3. The smallest absolute Gasteiger partial charge is 0.274 e. The SMILES string of the molecule is Cc1cccn2cc(C(=O)N3CCCC(Cc4nc5ccc(Cl)cc5[nH]4)C3)nc12. The van der Waals surface area contributed by atoms with Crippen LogP contribution < -0.4 is 0 Å². The normalized spacial score (nSPS) is 17.3. The topological polar surface area (TPSA) is 66.3 Å². The van der Waals surface area contributed by atoms with Crippen molar-refractivity contribution in [2.45, 2.75) is 26.2 Å². The van der Waals surface area contributed by atoms with Crippen molar-refractivity contribution in [3.63, 3.8) is 0 Å². The highest BCUT2D eigenvalue weighted by atomic mass is 35.5. The molecule has 1 atom stereocenters. The number of benzene rings is 1. The molecule has 4 aromatic rings. The van der Waals surface area contributed by atoms with Gasteiger partial charge in [0, 0.05) is 36.9 Å². The van der Waals surface area contributed by atoms with E-state index < -0.39 is 0 Å². The fourth-order valence-electron chi connectivity index (χ4n) is 4.24. The van der Waals surface area contributed by atoms with E-state index in [2.05, 4.69) is 15.0 Å². The monoisotopic (exact) mass is 407 g/mol. The first-order chi connectivity index (χ1) is 14.1. The van der Waals surface area contributed by atoms with Crippen LogP contribution in [0.3, 0.4) is 0 Å². The molecule has 1 saturated heterocycles. The quantitative estimate of drug-likeness (QED) is 0.551. The fraction of sp³-hybridized carbons (Fsp3) is 0.318. The number of H-pyrrole nitrogens is 1. The third-order valence-electron chi connectivity index (χ3n) is 5.68. The number of aromatic amines is 1. The van der Waals surface area contributed by atoms with E-state index in [1.165, 1.54) is 0 Å². The largest absolute Gasteiger partial charge is 0.342 e. The van der Waals surface area contributed by atoms with Gasteiger partial charge in [-0.3, -0.25) is 4.79 Å². The molecule has 148 valence electrons. The number of aryl methyl sites for hydroxylation is 1. The number of nitrogens with zero attached hydrogens (tertiary/aromatic N) is 4. The number of pyridine rings is 1. The van der Waals surface area contributed by atoms with Gasteiger partial charge in [0.2, 0.25) is 0 Å². The second kappa shape index (κ2) is 7.19. The molecule has 0 saturated carbocycles. The van der Waals surface area contributed by atoms with E-state index in [1.807, 2.05) is 58.9 Å². The molecule has 1 unspecified atom stereocenters. The second-order valence-electron chi connectivity index (χ2n) is 7.86. The van der Waals surface area contributed by atoms with Gasteiger partial charge >= 0.3 is 0 Å². The number of halogens is 1. The number of aromatic nitrogens is 4. The molecule has 0 radical (unpaired) electrons. The number of nitrogens with one attached hydrogen (secondary N) is 1. The van der Waals surface area contributed by atoms with Crippen LogP contribution in [0.5, 0.6) is 0 Å². The number of fused-ring (bicyclic) bond motifs is 2. The third kappa shape index (κ3) is 3.49. The van der Waals surface area contributed by atoms with Gasteiger partial charge in [-0.15, -0.1) is 0 Å². The Hall–Kier alpha value is -2.86. The molecule has 0 bridgehead atoms. The van der Waals surface area contributed by atoms with Gasteiger partial charge in [-0.05, 0) is 55.5 Å². The van der Waals surface area contributed by atoms with Crippen LogP contribution in [0, 0.1) is 12.8 Å². The number of likely N-dealkylation sites (tertiary alicyclic amines) is 1. The van der Waals surface area contributed by atoms with Gasteiger partial charge in [0.15, 0.2) is 0 Å². The summed E-state index contributed by atoms with van der Waals surface area (Å²) in [5.41, 5.74) is 4.29. The van der Waals surface area contributed by atoms with E-state index in [0.29, 0.717) is 16.6 Å². The zero-order valence-corrected chi connectivity index (χ0v) is 17.0. The van der Waals surface area contributed by atoms with E-state index in [1.54, 1.807) is 0 Å². The van der Waals surface area contributed by atoms with Crippen LogP contribution >= 0.6 is 11.6 Å². The molecule has 6 nitrogen and oxygen atoms in total. The number of imidazole rings is 2. The van der Waals surface area contributed by atoms with Gasteiger partial charge in [0.1, 0.15) is 17.2 Å². The van der Waals surface area contributed by atoms with Crippen LogP contribution in [-0.4, -0.2) is 43.2 Å². The van der Waals surface area contributed by atoms with Crippen LogP contribution in [0.25, 0.3) is 16.7 Å². The number of carbonyl (C=O) groups is 1. The fourth-order valence-corrected chi connectivity index (χ4v) is 4.41. The number of amides is 1. The Bertz CT molecular complexity index is 1210. The molecule has 1 fully saturated rings. The zero-order valence-electron chi connectivity index (χ0n) is 16.2. The minimum absolute atomic E-state index is 0.00851. The van der Waals surface area contributed by atoms with E-state index >= 15 is 0 Å². The molecular formula is C22H22ClN5O. The average Bonchev–Trinajstić information content (AvgIpc) is 3.31. The van der Waals surface area contributed by atoms with Crippen LogP contribution in [0.1, 0.15) is 34.7 Å². The van der Waals surface area contributed by atoms with Crippen molar-refractivity contribution in [2.75, 3.05) is 13.1 Å². The predicted molar refractivity (Wildman–Crippen MR) is 113 cm³/mol. The summed E-state index contributed by atoms with van der Waals surface area (Å²) < 4.78 is 1.92. The first kappa shape index (κ1) is 18.2. The van der Waals surface area contributed by atoms with Gasteiger partial charge in [-0.2, -0.15) is 0 Å². The van der Waals surface area contributed by atoms with Crippen molar-refractivity contribution in [3.05, 3.63) is 64.8 Å². The molecular weight excluding hydrogens is 386 g/mol. The van der Waals surface area contributed by atoms with E-state index in [0.717, 1.165) is 60.4 Å². The minimum atomic E-state index is 0.00851. The van der Waals surface area contributed by atoms with E-state index in [4.69, 9.17) is 11.6 Å². The summed E-state index contributed by atoms with van der Waals surface area (Å²) >= 11 is 6.07. The van der Waals surface area contributed by atoms with Crippen molar-refractivity contribution in [2.24, 2.45) is 5.92 Å². The van der Waals surface area contributed by atoms with E-state index in [-0.39, 0.29) is 5.91 Å². The summed E-state index contributed by atoms with van der Waals surface area (Å²) in [6, 6.07) is 9.66. The number of carbonyl (C=O) groups excluding carboxylic acids is 1. The maximum atomic E-state index is 13.1. The van der Waals surface area contributed by atoms with Gasteiger partial charge < -0.3 is 14.3 Å². The Morgan fingerprint density at radius 1 is 1.31 bits per heavy atom. The highest BCUT2D eigenvalue weighted by molar-refractivity contribution is 6.31. The highest BCUT2D eigenvalue weighted by Crippen LogP contribution is 2.24. The molecule has 1 amide bonds. The van der Waals surface area contributed by atoms with Crippen LogP contribution in [0.4, 0.5) is 0 Å². The molecule has 5 rings (SSSR count). The lowest BCUT2D eigenvalue weighted by Gasteiger charge is -2.32. The van der Waals surface area contributed by atoms with Crippen molar-refractivity contribution < 1.29 is 4.79 Å². The summed E-state index contributed by atoms with van der Waals surface area (Å²) in [7, 11) is 0. The molecule has 29 heavy (non-hydrogen) atoms. The molecule has 7 heteroatoms. The summed E-state index contributed by atoms with van der Waals surface area (Å²) in [5, 5.41) is 0.699. The molecule has 1 aliphatic heterocycles. The predicted octanol–water partition coefficient (Wildman–Crippen LogP) is 4.27. The van der Waals surface area contributed by atoms with Gasteiger partial charge in [0.25, 0.3) is 5.91 Å². The molecule has 1 aliphatic rings. The molecule has 1 aromatic carbocycles. The maximum absolute atomic E-state index is 13.1. The summed E-state index contributed by atoms with van der Waals surface area (Å²) in [5.74, 6) is 1.33. The lowest BCUT2D eigenvalue weighted by atomic mass is 9.94. The molecule has 0 aliphatic carbocycles. The van der Waals surface area contributed by atoms with Crippen LogP contribution in [0.15, 0.2) is 42.7 Å². The second-order valence-corrected chi connectivity index (χ2v) is 8.29. The first-order valence-corrected chi connectivity index (χ1v) is 10.3. The lowest BCUT2D eigenvalue weighted by molar-refractivity contribution is 0.0667. The van der Waals surface area contributed by atoms with E-state index in [9.17, 15) is 4.79 Å². The van der Waals surface area contributed by atoms with Crippen molar-refractivity contribution in [3.8, 4) is 0 Å². The first-order valence-electron chi connectivity index (χ1n) is 9.94. The van der Waals surface area contributed by atoms with Crippen molar-refractivity contribution in [1.29, 1.82) is 0 Å². The van der Waals surface area contributed by atoms with Crippen molar-refractivity contribution in [1.82, 2.24) is 24.3 Å². The van der Waals surface area contributed by atoms with Crippen LogP contribution in [-0.2, 0) is 6.42 Å². The number of hydrogen-bond acceptors (Lipinski definition) is 3. The lowest BCUT2D eigenvalue weighted by Crippen LogP contribution is -2.40. The number of piperidine rings is 1. The molecule has 1 N–H and O–H groups in total. The highest BCUT2D eigenvalue weighted by Gasteiger charge is 2.27. The third-order valence-corrected chi connectivity index (χ3v) is 5.91. The van der Waals surface area contributed by atoms with Gasteiger partial charge in [-0.1, -0.05) is 17.7 Å². The average molecular weight is 408 g/mol. The Balaban J connectivity index is 1.32. The Labute approximate surface area is 173 Å². The summed E-state index contributed by atoms with van der Waals surface area (Å²) in [6.45, 7) is 3.51. The molecule has 0 spiro atoms. The standard InChI is InChI=1S/C22H22ClN5O/c1-14-4-2-8-27-13-19(26-21(14)27)22(29)28-9-3-5-15(12-28)10-20-24-17-7-6-16(23)11-18(17)25-20/h2,4,6-8,11,13,15H,3,5,9-10,12H2,1H3,(H,24,25). The Morgan fingerprint density at radius 3 is 3.07 bits per heavy atom. The summed E-state index contributed by atoms with van der Waals surface area (Å²) in [4.78, 5) is 27.6. The molecule has 3 aromatic heterocycles. The number of hydrogen-bond donors (Lipinski definition) is 1. The Morgan fingerprint density at radius 2 is 2.21 bits per heavy atom. The van der Waals surface area contributed by atoms with Crippen molar-refractivity contribution >= 4 is 34.2 Å². The molecule has 4 heterocycles. The van der Waals surface area contributed by atoms with Gasteiger partial charge in [0.05, 0.1) is 11.0 Å². The van der Waals surface area contributed by atoms with Gasteiger partial charge in [-0.25, -0.2) is 9.97 Å². The minimum Gasteiger partial charge on any atom is -0.342 e.